The number of hydrogen-bond acceptors (Lipinski definition) is 4. The Balaban J connectivity index is 2.00. The Morgan fingerprint density at radius 1 is 1.24 bits per heavy atom. The Hall–Kier alpha value is -2.50. The first kappa shape index (κ1) is 14.9. The van der Waals surface area contributed by atoms with Gasteiger partial charge in [-0.1, -0.05) is 12.1 Å². The highest BCUT2D eigenvalue weighted by molar-refractivity contribution is 5.92. The van der Waals surface area contributed by atoms with E-state index in [1.54, 1.807) is 18.2 Å². The molecule has 0 aliphatic carbocycles. The van der Waals surface area contributed by atoms with E-state index in [9.17, 15) is 9.18 Å². The molecule has 0 bridgehead atoms. The van der Waals surface area contributed by atoms with Crippen LogP contribution < -0.4 is 10.6 Å². The predicted molar refractivity (Wildman–Crippen MR) is 78.4 cm³/mol. The van der Waals surface area contributed by atoms with Gasteiger partial charge in [0.1, 0.15) is 11.5 Å². The molecule has 110 valence electrons. The van der Waals surface area contributed by atoms with Crippen LogP contribution in [0.15, 0.2) is 36.5 Å². The van der Waals surface area contributed by atoms with Gasteiger partial charge in [-0.3, -0.25) is 4.79 Å². The third-order valence-corrected chi connectivity index (χ3v) is 2.67. The van der Waals surface area contributed by atoms with Gasteiger partial charge in [0, 0.05) is 18.8 Å². The van der Waals surface area contributed by atoms with E-state index in [4.69, 9.17) is 0 Å². The maximum atomic E-state index is 12.8. The second-order valence-corrected chi connectivity index (χ2v) is 4.87. The lowest BCUT2D eigenvalue weighted by Crippen LogP contribution is -2.30. The van der Waals surface area contributed by atoms with Crippen LogP contribution in [0.1, 0.15) is 29.9 Å². The van der Waals surface area contributed by atoms with Gasteiger partial charge in [-0.15, -0.1) is 0 Å². The number of carbonyl (C=O) groups excluding carboxylic acids is 1. The lowest BCUT2D eigenvalue weighted by Gasteiger charge is -2.09. The molecule has 0 unspecified atom stereocenters. The van der Waals surface area contributed by atoms with Crippen molar-refractivity contribution in [3.63, 3.8) is 0 Å². The standard InChI is InChI=1S/C15H17FN4O/c1-10(2)19-14(21)13-7-8-17-15(20-13)18-9-11-3-5-12(16)6-4-11/h3-8,10H,9H2,1-2H3,(H,19,21)(H,17,18,20). The smallest absolute Gasteiger partial charge is 0.270 e. The molecule has 0 radical (unpaired) electrons. The number of benzene rings is 1. The molecule has 0 saturated heterocycles. The number of anilines is 1. The van der Waals surface area contributed by atoms with E-state index in [0.717, 1.165) is 5.56 Å². The van der Waals surface area contributed by atoms with E-state index in [1.165, 1.54) is 18.3 Å². The Kier molecular flexibility index (Phi) is 4.81. The fourth-order valence-electron chi connectivity index (χ4n) is 1.69. The Labute approximate surface area is 122 Å². The number of rotatable bonds is 5. The lowest BCUT2D eigenvalue weighted by atomic mass is 10.2. The number of aromatic nitrogens is 2. The van der Waals surface area contributed by atoms with Gasteiger partial charge >= 0.3 is 0 Å². The summed E-state index contributed by atoms with van der Waals surface area (Å²) in [6.45, 7) is 4.22. The Bertz CT molecular complexity index is 613. The van der Waals surface area contributed by atoms with Crippen molar-refractivity contribution >= 4 is 11.9 Å². The van der Waals surface area contributed by atoms with Crippen LogP contribution in [0, 0.1) is 5.82 Å². The zero-order valence-electron chi connectivity index (χ0n) is 11.9. The monoisotopic (exact) mass is 288 g/mol. The number of nitrogens with zero attached hydrogens (tertiary/aromatic N) is 2. The van der Waals surface area contributed by atoms with Gasteiger partial charge in [-0.05, 0) is 37.6 Å². The van der Waals surface area contributed by atoms with E-state index >= 15 is 0 Å². The fraction of sp³-hybridized carbons (Fsp3) is 0.267. The highest BCUT2D eigenvalue weighted by Gasteiger charge is 2.09. The second-order valence-electron chi connectivity index (χ2n) is 4.87. The van der Waals surface area contributed by atoms with Gasteiger partial charge < -0.3 is 10.6 Å². The number of amides is 1. The summed E-state index contributed by atoms with van der Waals surface area (Å²) >= 11 is 0. The van der Waals surface area contributed by atoms with Crippen LogP contribution >= 0.6 is 0 Å². The molecule has 0 spiro atoms. The van der Waals surface area contributed by atoms with Crippen molar-refractivity contribution in [3.8, 4) is 0 Å². The van der Waals surface area contributed by atoms with Crippen LogP contribution in [-0.4, -0.2) is 21.9 Å². The molecule has 2 rings (SSSR count). The third-order valence-electron chi connectivity index (χ3n) is 2.67. The minimum absolute atomic E-state index is 0.0445. The van der Waals surface area contributed by atoms with Gasteiger partial charge in [0.15, 0.2) is 0 Å². The number of hydrogen-bond donors (Lipinski definition) is 2. The minimum Gasteiger partial charge on any atom is -0.350 e. The molecule has 5 nitrogen and oxygen atoms in total. The van der Waals surface area contributed by atoms with Gasteiger partial charge in [-0.2, -0.15) is 0 Å². The molecule has 2 aromatic rings. The molecule has 6 heteroatoms. The summed E-state index contributed by atoms with van der Waals surface area (Å²) in [4.78, 5) is 20.1. The first-order chi connectivity index (χ1) is 10.0. The SMILES string of the molecule is CC(C)NC(=O)c1ccnc(NCc2ccc(F)cc2)n1. The Morgan fingerprint density at radius 2 is 1.95 bits per heavy atom. The summed E-state index contributed by atoms with van der Waals surface area (Å²) in [5, 5.41) is 5.77. The van der Waals surface area contributed by atoms with E-state index in [2.05, 4.69) is 20.6 Å². The van der Waals surface area contributed by atoms with E-state index in [-0.39, 0.29) is 17.8 Å². The largest absolute Gasteiger partial charge is 0.350 e. The lowest BCUT2D eigenvalue weighted by molar-refractivity contribution is 0.0938. The van der Waals surface area contributed by atoms with Gasteiger partial charge in [0.25, 0.3) is 5.91 Å². The normalized spacial score (nSPS) is 10.5. The van der Waals surface area contributed by atoms with Crippen molar-refractivity contribution < 1.29 is 9.18 Å². The van der Waals surface area contributed by atoms with Crippen LogP contribution in [0.4, 0.5) is 10.3 Å². The summed E-state index contributed by atoms with van der Waals surface area (Å²) in [5.74, 6) is -0.157. The van der Waals surface area contributed by atoms with Crippen molar-refractivity contribution in [2.45, 2.75) is 26.4 Å². The van der Waals surface area contributed by atoms with Crippen LogP contribution in [0.2, 0.25) is 0 Å². The molecule has 1 amide bonds. The molecule has 0 aliphatic rings. The molecule has 2 N–H and O–H groups in total. The first-order valence-electron chi connectivity index (χ1n) is 6.67. The zero-order valence-corrected chi connectivity index (χ0v) is 11.9. The maximum Gasteiger partial charge on any atom is 0.270 e. The topological polar surface area (TPSA) is 66.9 Å². The molecule has 0 aliphatic heterocycles. The van der Waals surface area contributed by atoms with E-state index in [0.29, 0.717) is 18.2 Å². The van der Waals surface area contributed by atoms with Crippen LogP contribution in [0.3, 0.4) is 0 Å². The van der Waals surface area contributed by atoms with Crippen LogP contribution in [-0.2, 0) is 6.54 Å². The highest BCUT2D eigenvalue weighted by atomic mass is 19.1. The van der Waals surface area contributed by atoms with Crippen LogP contribution in [0.25, 0.3) is 0 Å². The summed E-state index contributed by atoms with van der Waals surface area (Å²) in [5.41, 5.74) is 1.21. The number of halogens is 1. The highest BCUT2D eigenvalue weighted by Crippen LogP contribution is 2.06. The Morgan fingerprint density at radius 3 is 2.62 bits per heavy atom. The maximum absolute atomic E-state index is 12.8. The molecule has 0 fully saturated rings. The van der Waals surface area contributed by atoms with Gasteiger partial charge in [-0.25, -0.2) is 14.4 Å². The van der Waals surface area contributed by atoms with Crippen molar-refractivity contribution in [1.82, 2.24) is 15.3 Å². The quantitative estimate of drug-likeness (QED) is 0.886. The molecule has 1 aromatic carbocycles. The van der Waals surface area contributed by atoms with Crippen molar-refractivity contribution in [2.24, 2.45) is 0 Å². The van der Waals surface area contributed by atoms with E-state index < -0.39 is 0 Å². The third kappa shape index (κ3) is 4.52. The van der Waals surface area contributed by atoms with Crippen molar-refractivity contribution in [2.75, 3.05) is 5.32 Å². The molecule has 0 atom stereocenters. The first-order valence-corrected chi connectivity index (χ1v) is 6.67. The average Bonchev–Trinajstić information content (AvgIpc) is 2.46. The summed E-state index contributed by atoms with van der Waals surface area (Å²) < 4.78 is 12.8. The molecule has 1 heterocycles. The van der Waals surface area contributed by atoms with E-state index in [1.807, 2.05) is 13.8 Å². The average molecular weight is 288 g/mol. The number of carbonyl (C=O) groups is 1. The minimum atomic E-state index is -0.276. The molecular weight excluding hydrogens is 271 g/mol. The van der Waals surface area contributed by atoms with Crippen molar-refractivity contribution in [3.05, 3.63) is 53.6 Å². The second kappa shape index (κ2) is 6.78. The summed E-state index contributed by atoms with van der Waals surface area (Å²) in [6, 6.07) is 7.74. The van der Waals surface area contributed by atoms with Crippen molar-refractivity contribution in [1.29, 1.82) is 0 Å². The number of nitrogens with one attached hydrogen (secondary N) is 2. The summed E-state index contributed by atoms with van der Waals surface area (Å²) in [7, 11) is 0. The predicted octanol–water partition coefficient (Wildman–Crippen LogP) is 2.37. The molecule has 21 heavy (non-hydrogen) atoms. The fourth-order valence-corrected chi connectivity index (χ4v) is 1.69. The molecular formula is C15H17FN4O. The molecule has 0 saturated carbocycles. The zero-order chi connectivity index (χ0) is 15.2. The van der Waals surface area contributed by atoms with Gasteiger partial charge in [0.05, 0.1) is 0 Å². The molecule has 1 aromatic heterocycles. The van der Waals surface area contributed by atoms with Crippen LogP contribution in [0.5, 0.6) is 0 Å². The van der Waals surface area contributed by atoms with Gasteiger partial charge in [0.2, 0.25) is 5.95 Å². The summed E-state index contributed by atoms with van der Waals surface area (Å²) in [6.07, 6.45) is 1.52.